The molecule has 0 fully saturated rings. The van der Waals surface area contributed by atoms with Gasteiger partial charge in [0.05, 0.1) is 32.2 Å². The Hall–Kier alpha value is -1.31. The van der Waals surface area contributed by atoms with Crippen LogP contribution >= 0.6 is 12.2 Å². The maximum atomic E-state index is 5.39. The van der Waals surface area contributed by atoms with E-state index in [1.54, 1.807) is 7.11 Å². The van der Waals surface area contributed by atoms with Gasteiger partial charge in [-0.25, -0.2) is 9.97 Å². The monoisotopic (exact) mass is 257 g/mol. The van der Waals surface area contributed by atoms with Gasteiger partial charge >= 0.3 is 0 Å². The first-order valence-corrected chi connectivity index (χ1v) is 5.46. The minimum absolute atomic E-state index is 0.215. The van der Waals surface area contributed by atoms with Gasteiger partial charge in [-0.1, -0.05) is 12.2 Å². The minimum Gasteiger partial charge on any atom is -0.474 e. The fourth-order valence-electron chi connectivity index (χ4n) is 0.967. The Labute approximate surface area is 105 Å². The predicted octanol–water partition coefficient (Wildman–Crippen LogP) is 0.153. The number of methoxy groups -OCH3 is 1. The molecule has 7 heteroatoms. The lowest BCUT2D eigenvalue weighted by atomic mass is 10.4. The van der Waals surface area contributed by atoms with Crippen molar-refractivity contribution in [1.82, 2.24) is 9.97 Å². The summed E-state index contributed by atoms with van der Waals surface area (Å²) in [5.41, 5.74) is 5.86. The number of aromatic nitrogens is 2. The molecule has 0 aromatic carbocycles. The molecule has 0 saturated heterocycles. The van der Waals surface area contributed by atoms with E-state index in [-0.39, 0.29) is 4.99 Å². The Morgan fingerprint density at radius 2 is 2.00 bits per heavy atom. The summed E-state index contributed by atoms with van der Waals surface area (Å²) in [6.45, 7) is 2.00. The van der Waals surface area contributed by atoms with E-state index in [1.165, 1.54) is 12.4 Å². The number of ether oxygens (including phenoxy) is 3. The third-order valence-corrected chi connectivity index (χ3v) is 2.00. The highest BCUT2D eigenvalue weighted by Gasteiger charge is 2.00. The van der Waals surface area contributed by atoms with Crippen molar-refractivity contribution < 1.29 is 14.2 Å². The summed E-state index contributed by atoms with van der Waals surface area (Å²) in [4.78, 5) is 8.21. The third kappa shape index (κ3) is 5.53. The van der Waals surface area contributed by atoms with E-state index in [1.807, 2.05) is 0 Å². The summed E-state index contributed by atoms with van der Waals surface area (Å²) in [5, 5.41) is 0. The molecule has 1 heterocycles. The molecule has 1 rings (SSSR count). The first kappa shape index (κ1) is 13.8. The molecule has 0 aliphatic heterocycles. The van der Waals surface area contributed by atoms with Crippen LogP contribution in [0.15, 0.2) is 12.4 Å². The van der Waals surface area contributed by atoms with Gasteiger partial charge in [0.2, 0.25) is 5.88 Å². The number of nitrogens with zero attached hydrogens (tertiary/aromatic N) is 2. The molecule has 0 saturated carbocycles. The van der Waals surface area contributed by atoms with Crippen molar-refractivity contribution in [2.45, 2.75) is 0 Å². The van der Waals surface area contributed by atoms with Crippen molar-refractivity contribution in [1.29, 1.82) is 0 Å². The number of hydrogen-bond donors (Lipinski definition) is 1. The van der Waals surface area contributed by atoms with Crippen molar-refractivity contribution >= 4 is 17.2 Å². The number of rotatable bonds is 8. The summed E-state index contributed by atoms with van der Waals surface area (Å²) < 4.78 is 15.3. The summed E-state index contributed by atoms with van der Waals surface area (Å²) in [5.74, 6) is 0.417. The van der Waals surface area contributed by atoms with Crippen LogP contribution in [0.4, 0.5) is 0 Å². The lowest BCUT2D eigenvalue weighted by molar-refractivity contribution is 0.0536. The lowest BCUT2D eigenvalue weighted by Crippen LogP contribution is -2.13. The van der Waals surface area contributed by atoms with E-state index in [0.29, 0.717) is 38.0 Å². The van der Waals surface area contributed by atoms with Crippen LogP contribution in [0.3, 0.4) is 0 Å². The summed E-state index contributed by atoms with van der Waals surface area (Å²) in [6, 6.07) is 0. The maximum Gasteiger partial charge on any atom is 0.232 e. The molecular weight excluding hydrogens is 242 g/mol. The quantitative estimate of drug-likeness (QED) is 0.524. The van der Waals surface area contributed by atoms with Crippen LogP contribution in [0.2, 0.25) is 0 Å². The van der Waals surface area contributed by atoms with Crippen molar-refractivity contribution in [3.05, 3.63) is 18.1 Å². The van der Waals surface area contributed by atoms with E-state index in [2.05, 4.69) is 9.97 Å². The van der Waals surface area contributed by atoms with E-state index in [9.17, 15) is 0 Å². The van der Waals surface area contributed by atoms with Crippen LogP contribution < -0.4 is 10.5 Å². The average Bonchev–Trinajstić information content (AvgIpc) is 2.34. The third-order valence-electron chi connectivity index (χ3n) is 1.79. The van der Waals surface area contributed by atoms with Gasteiger partial charge in [-0.3, -0.25) is 0 Å². The van der Waals surface area contributed by atoms with E-state index >= 15 is 0 Å². The molecule has 0 bridgehead atoms. The fraction of sp³-hybridized carbons (Fsp3) is 0.500. The van der Waals surface area contributed by atoms with Crippen molar-refractivity contribution in [2.75, 3.05) is 33.5 Å². The van der Waals surface area contributed by atoms with Gasteiger partial charge in [-0.05, 0) is 0 Å². The molecule has 0 atom stereocenters. The largest absolute Gasteiger partial charge is 0.474 e. The second-order valence-corrected chi connectivity index (χ2v) is 3.50. The molecule has 1 aromatic rings. The summed E-state index contributed by atoms with van der Waals surface area (Å²) in [6.07, 6.45) is 2.95. The molecule has 0 spiro atoms. The van der Waals surface area contributed by atoms with Crippen LogP contribution in [0.5, 0.6) is 5.88 Å². The molecule has 0 unspecified atom stereocenters. The average molecular weight is 257 g/mol. The molecule has 0 aliphatic rings. The van der Waals surface area contributed by atoms with Crippen LogP contribution in [0, 0.1) is 0 Å². The first-order valence-electron chi connectivity index (χ1n) is 5.05. The zero-order valence-electron chi connectivity index (χ0n) is 9.59. The van der Waals surface area contributed by atoms with Crippen molar-refractivity contribution in [2.24, 2.45) is 5.73 Å². The number of thiocarbonyl (C=S) groups is 1. The Morgan fingerprint density at radius 1 is 1.24 bits per heavy atom. The molecule has 0 aliphatic carbocycles. The molecular formula is C10H15N3O3S. The standard InChI is InChI=1S/C10H15N3O3S/c1-14-2-3-15-4-5-16-9-7-12-8(6-13-9)10(11)17/h6-7H,2-5H2,1H3,(H2,11,17). The van der Waals surface area contributed by atoms with Gasteiger partial charge in [0, 0.05) is 7.11 Å². The van der Waals surface area contributed by atoms with Gasteiger partial charge < -0.3 is 19.9 Å². The molecule has 0 radical (unpaired) electrons. The van der Waals surface area contributed by atoms with E-state index in [0.717, 1.165) is 0 Å². The summed E-state index contributed by atoms with van der Waals surface area (Å²) >= 11 is 4.75. The lowest BCUT2D eigenvalue weighted by Gasteiger charge is -2.06. The number of hydrogen-bond acceptors (Lipinski definition) is 6. The zero-order valence-corrected chi connectivity index (χ0v) is 10.4. The van der Waals surface area contributed by atoms with E-state index < -0.39 is 0 Å². The SMILES string of the molecule is COCCOCCOc1cnc(C(N)=S)cn1. The van der Waals surface area contributed by atoms with Crippen molar-refractivity contribution in [3.8, 4) is 5.88 Å². The molecule has 1 aromatic heterocycles. The van der Waals surface area contributed by atoms with Crippen LogP contribution in [-0.4, -0.2) is 48.5 Å². The topological polar surface area (TPSA) is 79.5 Å². The highest BCUT2D eigenvalue weighted by molar-refractivity contribution is 7.80. The van der Waals surface area contributed by atoms with Crippen LogP contribution in [-0.2, 0) is 9.47 Å². The van der Waals surface area contributed by atoms with Gasteiger partial charge in [-0.2, -0.15) is 0 Å². The first-order chi connectivity index (χ1) is 8.24. The Kier molecular flexibility index (Phi) is 6.38. The second kappa shape index (κ2) is 7.88. The Morgan fingerprint density at radius 3 is 2.59 bits per heavy atom. The van der Waals surface area contributed by atoms with Crippen molar-refractivity contribution in [3.63, 3.8) is 0 Å². The highest BCUT2D eigenvalue weighted by atomic mass is 32.1. The van der Waals surface area contributed by atoms with Crippen LogP contribution in [0.1, 0.15) is 5.69 Å². The second-order valence-electron chi connectivity index (χ2n) is 3.06. The molecule has 0 amide bonds. The number of nitrogens with two attached hydrogens (primary N) is 1. The van der Waals surface area contributed by atoms with Crippen LogP contribution in [0.25, 0.3) is 0 Å². The van der Waals surface area contributed by atoms with Gasteiger partial charge in [0.15, 0.2) is 0 Å². The van der Waals surface area contributed by atoms with Gasteiger partial charge in [-0.15, -0.1) is 0 Å². The highest BCUT2D eigenvalue weighted by Crippen LogP contribution is 2.03. The molecule has 6 nitrogen and oxygen atoms in total. The Bertz CT molecular complexity index is 345. The zero-order chi connectivity index (χ0) is 12.5. The fourth-order valence-corrected chi connectivity index (χ4v) is 1.07. The van der Waals surface area contributed by atoms with Gasteiger partial charge in [0.25, 0.3) is 0 Å². The normalized spacial score (nSPS) is 10.2. The minimum atomic E-state index is 0.215. The van der Waals surface area contributed by atoms with Gasteiger partial charge in [0.1, 0.15) is 17.3 Å². The predicted molar refractivity (Wildman–Crippen MR) is 66.1 cm³/mol. The smallest absolute Gasteiger partial charge is 0.232 e. The molecule has 2 N–H and O–H groups in total. The Balaban J connectivity index is 2.21. The molecule has 17 heavy (non-hydrogen) atoms. The molecule has 94 valence electrons. The van der Waals surface area contributed by atoms with E-state index in [4.69, 9.17) is 32.2 Å². The summed E-state index contributed by atoms with van der Waals surface area (Å²) in [7, 11) is 1.62. The maximum absolute atomic E-state index is 5.39.